The van der Waals surface area contributed by atoms with Crippen LogP contribution in [0.1, 0.15) is 5.56 Å². The van der Waals surface area contributed by atoms with Gasteiger partial charge in [-0.25, -0.2) is 9.97 Å². The average Bonchev–Trinajstić information content (AvgIpc) is 2.57. The fraction of sp³-hybridized carbons (Fsp3) is 0.111. The number of aromatic nitrogens is 2. The van der Waals surface area contributed by atoms with Crippen LogP contribution in [0.3, 0.4) is 0 Å². The van der Waals surface area contributed by atoms with Crippen molar-refractivity contribution in [1.29, 1.82) is 0 Å². The van der Waals surface area contributed by atoms with Crippen molar-refractivity contribution in [2.24, 2.45) is 0 Å². The Labute approximate surface area is 135 Å². The first-order valence-corrected chi connectivity index (χ1v) is 7.30. The van der Waals surface area contributed by atoms with Gasteiger partial charge in [-0.2, -0.15) is 0 Å². The first-order chi connectivity index (χ1) is 11.2. The van der Waals surface area contributed by atoms with E-state index in [4.69, 9.17) is 4.74 Å². The number of aryl methyl sites for hydroxylation is 1. The molecule has 1 aromatic heterocycles. The lowest BCUT2D eigenvalue weighted by Gasteiger charge is -2.09. The molecule has 0 fully saturated rings. The number of hydrogen-bond acceptors (Lipinski definition) is 5. The van der Waals surface area contributed by atoms with Crippen LogP contribution in [-0.2, 0) is 0 Å². The van der Waals surface area contributed by atoms with Crippen molar-refractivity contribution in [2.75, 3.05) is 17.7 Å². The van der Waals surface area contributed by atoms with Crippen molar-refractivity contribution in [3.63, 3.8) is 0 Å². The van der Waals surface area contributed by atoms with Crippen molar-refractivity contribution < 1.29 is 4.74 Å². The Balaban J connectivity index is 1.75. The molecule has 0 aliphatic rings. The van der Waals surface area contributed by atoms with Gasteiger partial charge in [0.05, 0.1) is 7.11 Å². The molecule has 5 nitrogen and oxygen atoms in total. The zero-order valence-electron chi connectivity index (χ0n) is 13.1. The normalized spacial score (nSPS) is 10.2. The van der Waals surface area contributed by atoms with Crippen LogP contribution in [0.5, 0.6) is 5.75 Å². The van der Waals surface area contributed by atoms with E-state index >= 15 is 0 Å². The van der Waals surface area contributed by atoms with E-state index in [1.54, 1.807) is 7.11 Å². The van der Waals surface area contributed by atoms with Gasteiger partial charge in [-0.1, -0.05) is 23.8 Å². The molecule has 5 heteroatoms. The molecule has 0 saturated heterocycles. The first-order valence-electron chi connectivity index (χ1n) is 7.30. The van der Waals surface area contributed by atoms with Gasteiger partial charge in [0.25, 0.3) is 0 Å². The largest absolute Gasteiger partial charge is 0.497 e. The molecule has 116 valence electrons. The zero-order valence-corrected chi connectivity index (χ0v) is 13.1. The Morgan fingerprint density at radius 1 is 0.826 bits per heavy atom. The van der Waals surface area contributed by atoms with Crippen molar-refractivity contribution in [1.82, 2.24) is 9.97 Å². The summed E-state index contributed by atoms with van der Waals surface area (Å²) in [4.78, 5) is 8.49. The lowest BCUT2D eigenvalue weighted by atomic mass is 10.2. The summed E-state index contributed by atoms with van der Waals surface area (Å²) in [6, 6.07) is 17.7. The Hall–Kier alpha value is -3.08. The van der Waals surface area contributed by atoms with Crippen LogP contribution >= 0.6 is 0 Å². The maximum absolute atomic E-state index is 5.22. The van der Waals surface area contributed by atoms with Gasteiger partial charge in [-0.3, -0.25) is 0 Å². The summed E-state index contributed by atoms with van der Waals surface area (Å²) in [6.45, 7) is 2.06. The summed E-state index contributed by atoms with van der Waals surface area (Å²) < 4.78 is 5.22. The van der Waals surface area contributed by atoms with Crippen LogP contribution < -0.4 is 15.4 Å². The Bertz CT molecular complexity index is 787. The van der Waals surface area contributed by atoms with Crippen molar-refractivity contribution in [3.05, 3.63) is 66.5 Å². The predicted octanol–water partition coefficient (Wildman–Crippen LogP) is 4.28. The molecule has 2 N–H and O–H groups in total. The SMILES string of the molecule is COc1cccc(Nc2cc(Nc3ccc(C)cc3)ncn2)c1. The van der Waals surface area contributed by atoms with Crippen LogP contribution in [0.4, 0.5) is 23.0 Å². The molecule has 0 amide bonds. The van der Waals surface area contributed by atoms with Gasteiger partial charge < -0.3 is 15.4 Å². The van der Waals surface area contributed by atoms with Crippen LogP contribution in [0.15, 0.2) is 60.9 Å². The van der Waals surface area contributed by atoms with Gasteiger partial charge in [0, 0.05) is 23.5 Å². The minimum absolute atomic E-state index is 0.711. The van der Waals surface area contributed by atoms with Crippen molar-refractivity contribution in [2.45, 2.75) is 6.92 Å². The van der Waals surface area contributed by atoms with Gasteiger partial charge in [0.2, 0.25) is 0 Å². The molecule has 23 heavy (non-hydrogen) atoms. The zero-order chi connectivity index (χ0) is 16.1. The van der Waals surface area contributed by atoms with E-state index in [9.17, 15) is 0 Å². The van der Waals surface area contributed by atoms with Crippen LogP contribution in [-0.4, -0.2) is 17.1 Å². The molecule has 2 aromatic carbocycles. The highest BCUT2D eigenvalue weighted by molar-refractivity contribution is 5.63. The quantitative estimate of drug-likeness (QED) is 0.736. The third-order valence-electron chi connectivity index (χ3n) is 3.33. The Morgan fingerprint density at radius 2 is 1.52 bits per heavy atom. The molecule has 0 aliphatic carbocycles. The summed E-state index contributed by atoms with van der Waals surface area (Å²) in [5.74, 6) is 2.24. The molecule has 0 atom stereocenters. The van der Waals surface area contributed by atoms with E-state index < -0.39 is 0 Å². The summed E-state index contributed by atoms with van der Waals surface area (Å²) in [5.41, 5.74) is 3.12. The minimum Gasteiger partial charge on any atom is -0.497 e. The number of nitrogens with zero attached hydrogens (tertiary/aromatic N) is 2. The topological polar surface area (TPSA) is 59.1 Å². The van der Waals surface area contributed by atoms with E-state index in [2.05, 4.69) is 39.7 Å². The molecule has 1 heterocycles. The van der Waals surface area contributed by atoms with E-state index in [0.29, 0.717) is 5.82 Å². The summed E-state index contributed by atoms with van der Waals surface area (Å²) >= 11 is 0. The number of methoxy groups -OCH3 is 1. The number of hydrogen-bond donors (Lipinski definition) is 2. The standard InChI is InChI=1S/C18H18N4O/c1-13-6-8-14(9-7-13)21-17-11-18(20-12-19-17)22-15-4-3-5-16(10-15)23-2/h3-12H,1-2H3,(H2,19,20,21,22). The number of anilines is 4. The third-order valence-corrected chi connectivity index (χ3v) is 3.33. The fourth-order valence-corrected chi connectivity index (χ4v) is 2.13. The molecule has 3 rings (SSSR count). The Kier molecular flexibility index (Phi) is 4.38. The van der Waals surface area contributed by atoms with Gasteiger partial charge >= 0.3 is 0 Å². The first kappa shape index (κ1) is 14.8. The lowest BCUT2D eigenvalue weighted by molar-refractivity contribution is 0.415. The summed E-state index contributed by atoms with van der Waals surface area (Å²) in [7, 11) is 1.65. The van der Waals surface area contributed by atoms with Gasteiger partial charge in [0.1, 0.15) is 23.7 Å². The predicted molar refractivity (Wildman–Crippen MR) is 92.8 cm³/mol. The highest BCUT2D eigenvalue weighted by Gasteiger charge is 2.01. The maximum atomic E-state index is 5.22. The minimum atomic E-state index is 0.711. The molecule has 0 spiro atoms. The number of ether oxygens (including phenoxy) is 1. The summed E-state index contributed by atoms with van der Waals surface area (Å²) in [6.07, 6.45) is 1.53. The van der Waals surface area contributed by atoms with Crippen LogP contribution in [0, 0.1) is 6.92 Å². The van der Waals surface area contributed by atoms with Crippen molar-refractivity contribution in [3.8, 4) is 5.75 Å². The van der Waals surface area contributed by atoms with Crippen LogP contribution in [0.2, 0.25) is 0 Å². The highest BCUT2D eigenvalue weighted by atomic mass is 16.5. The highest BCUT2D eigenvalue weighted by Crippen LogP contribution is 2.22. The number of nitrogens with one attached hydrogen (secondary N) is 2. The van der Waals surface area contributed by atoms with E-state index in [0.717, 1.165) is 22.9 Å². The van der Waals surface area contributed by atoms with E-state index in [1.807, 2.05) is 42.5 Å². The fourth-order valence-electron chi connectivity index (χ4n) is 2.13. The average molecular weight is 306 g/mol. The van der Waals surface area contributed by atoms with Gasteiger partial charge in [-0.15, -0.1) is 0 Å². The lowest BCUT2D eigenvalue weighted by Crippen LogP contribution is -1.98. The molecule has 0 aliphatic heterocycles. The number of benzene rings is 2. The number of rotatable bonds is 5. The second-order valence-electron chi connectivity index (χ2n) is 5.14. The van der Waals surface area contributed by atoms with Crippen molar-refractivity contribution >= 4 is 23.0 Å². The Morgan fingerprint density at radius 3 is 2.22 bits per heavy atom. The molecular weight excluding hydrogens is 288 g/mol. The molecule has 0 bridgehead atoms. The smallest absolute Gasteiger partial charge is 0.135 e. The van der Waals surface area contributed by atoms with Crippen LogP contribution in [0.25, 0.3) is 0 Å². The third kappa shape index (κ3) is 3.97. The molecule has 3 aromatic rings. The van der Waals surface area contributed by atoms with Gasteiger partial charge in [0.15, 0.2) is 0 Å². The summed E-state index contributed by atoms with van der Waals surface area (Å²) in [5, 5.41) is 6.51. The molecular formula is C18H18N4O. The molecule has 0 unspecified atom stereocenters. The van der Waals surface area contributed by atoms with E-state index in [-0.39, 0.29) is 0 Å². The second-order valence-corrected chi connectivity index (χ2v) is 5.14. The molecule has 0 radical (unpaired) electrons. The second kappa shape index (κ2) is 6.79. The maximum Gasteiger partial charge on any atom is 0.135 e. The van der Waals surface area contributed by atoms with Gasteiger partial charge in [-0.05, 0) is 31.2 Å². The monoisotopic (exact) mass is 306 g/mol. The molecule has 0 saturated carbocycles. The van der Waals surface area contributed by atoms with E-state index in [1.165, 1.54) is 11.9 Å².